The molecule has 3 heterocycles. The van der Waals surface area contributed by atoms with Crippen molar-refractivity contribution in [2.45, 2.75) is 38.8 Å². The fraction of sp³-hybridized carbons (Fsp3) is 0.588. The Bertz CT molecular complexity index is 609. The molecule has 0 saturated carbocycles. The minimum atomic E-state index is -0.123. The van der Waals surface area contributed by atoms with Gasteiger partial charge in [-0.15, -0.1) is 11.3 Å². The maximum atomic E-state index is 12.0. The number of thiophene rings is 1. The standard InChI is InChI=1S/C17H24ClN3O2S/c1-11(2)21-7-5-12(6-8-21)14-9-13(23-20-14)10-19-17(22)15-3-4-16(18)24-15/h3-4,9,11-13,20H,5-8,10H2,1-2H3,(H,19,22). The van der Waals surface area contributed by atoms with Gasteiger partial charge in [-0.3, -0.25) is 15.1 Å². The number of halogens is 1. The summed E-state index contributed by atoms with van der Waals surface area (Å²) in [5, 5.41) is 2.89. The van der Waals surface area contributed by atoms with Crippen LogP contribution >= 0.6 is 22.9 Å². The summed E-state index contributed by atoms with van der Waals surface area (Å²) in [7, 11) is 0. The van der Waals surface area contributed by atoms with E-state index < -0.39 is 0 Å². The lowest BCUT2D eigenvalue weighted by Crippen LogP contribution is -2.39. The number of piperidine rings is 1. The van der Waals surface area contributed by atoms with E-state index in [-0.39, 0.29) is 12.0 Å². The van der Waals surface area contributed by atoms with E-state index in [2.05, 4.69) is 35.6 Å². The van der Waals surface area contributed by atoms with Crippen LogP contribution in [0.15, 0.2) is 23.9 Å². The maximum absolute atomic E-state index is 12.0. The van der Waals surface area contributed by atoms with E-state index in [4.69, 9.17) is 16.4 Å². The Kier molecular flexibility index (Phi) is 5.81. The molecule has 1 aromatic rings. The Labute approximate surface area is 152 Å². The van der Waals surface area contributed by atoms with Crippen LogP contribution in [0.5, 0.6) is 0 Å². The van der Waals surface area contributed by atoms with Gasteiger partial charge in [0, 0.05) is 17.7 Å². The van der Waals surface area contributed by atoms with Gasteiger partial charge >= 0.3 is 0 Å². The first-order valence-electron chi connectivity index (χ1n) is 8.44. The van der Waals surface area contributed by atoms with E-state index in [0.717, 1.165) is 31.6 Å². The molecule has 5 nitrogen and oxygen atoms in total. The highest BCUT2D eigenvalue weighted by atomic mass is 35.5. The zero-order chi connectivity index (χ0) is 17.1. The molecule has 1 amide bonds. The summed E-state index contributed by atoms with van der Waals surface area (Å²) in [6, 6.07) is 4.08. The third-order valence-corrected chi connectivity index (χ3v) is 5.88. The second-order valence-corrected chi connectivity index (χ2v) is 8.31. The first-order chi connectivity index (χ1) is 11.5. The van der Waals surface area contributed by atoms with Crippen molar-refractivity contribution in [3.05, 3.63) is 33.1 Å². The number of hydroxylamine groups is 1. The Balaban J connectivity index is 1.47. The molecule has 132 valence electrons. The van der Waals surface area contributed by atoms with Crippen LogP contribution in [-0.4, -0.2) is 42.6 Å². The molecule has 3 rings (SSSR count). The van der Waals surface area contributed by atoms with Crippen molar-refractivity contribution in [3.63, 3.8) is 0 Å². The van der Waals surface area contributed by atoms with Gasteiger partial charge in [0.05, 0.1) is 15.8 Å². The number of nitrogens with one attached hydrogen (secondary N) is 2. The Morgan fingerprint density at radius 2 is 2.21 bits per heavy atom. The molecule has 0 aromatic carbocycles. The van der Waals surface area contributed by atoms with Crippen LogP contribution in [0.1, 0.15) is 36.4 Å². The molecule has 1 saturated heterocycles. The molecule has 1 aromatic heterocycles. The molecule has 24 heavy (non-hydrogen) atoms. The van der Waals surface area contributed by atoms with Gasteiger partial charge in [-0.05, 0) is 58.0 Å². The SMILES string of the molecule is CC(C)N1CCC(C2=CC(CNC(=O)c3ccc(Cl)s3)ON2)CC1. The molecule has 0 radical (unpaired) electrons. The Hall–Kier alpha value is -1.08. The van der Waals surface area contributed by atoms with Gasteiger partial charge in [0.1, 0.15) is 6.10 Å². The normalized spacial score (nSPS) is 22.5. The van der Waals surface area contributed by atoms with E-state index >= 15 is 0 Å². The lowest BCUT2D eigenvalue weighted by molar-refractivity contribution is 0.0347. The largest absolute Gasteiger partial charge is 0.348 e. The highest BCUT2D eigenvalue weighted by Crippen LogP contribution is 2.27. The first-order valence-corrected chi connectivity index (χ1v) is 9.63. The van der Waals surface area contributed by atoms with Crippen LogP contribution < -0.4 is 10.8 Å². The van der Waals surface area contributed by atoms with E-state index in [0.29, 0.717) is 27.7 Å². The molecule has 2 aliphatic rings. The van der Waals surface area contributed by atoms with E-state index in [1.54, 1.807) is 12.1 Å². The molecule has 0 bridgehead atoms. The number of nitrogens with zero attached hydrogens (tertiary/aromatic N) is 1. The van der Waals surface area contributed by atoms with Gasteiger partial charge in [0.25, 0.3) is 5.91 Å². The van der Waals surface area contributed by atoms with Gasteiger partial charge in [-0.1, -0.05) is 11.6 Å². The number of amides is 1. The number of allylic oxidation sites excluding steroid dienone is 1. The van der Waals surface area contributed by atoms with E-state index in [1.807, 2.05) is 0 Å². The molecular weight excluding hydrogens is 346 g/mol. The van der Waals surface area contributed by atoms with Gasteiger partial charge in [0.15, 0.2) is 0 Å². The molecule has 0 spiro atoms. The second-order valence-electron chi connectivity index (χ2n) is 6.60. The van der Waals surface area contributed by atoms with Crippen LogP contribution in [-0.2, 0) is 4.84 Å². The van der Waals surface area contributed by atoms with Gasteiger partial charge < -0.3 is 10.2 Å². The van der Waals surface area contributed by atoms with Crippen molar-refractivity contribution in [1.29, 1.82) is 0 Å². The fourth-order valence-corrected chi connectivity index (χ4v) is 4.14. The molecule has 2 N–H and O–H groups in total. The number of hydrogen-bond acceptors (Lipinski definition) is 5. The third-order valence-electron chi connectivity index (χ3n) is 4.65. The summed E-state index contributed by atoms with van der Waals surface area (Å²) < 4.78 is 0.619. The average molecular weight is 370 g/mol. The molecule has 1 unspecified atom stereocenters. The monoisotopic (exact) mass is 369 g/mol. The Morgan fingerprint density at radius 1 is 1.46 bits per heavy atom. The molecule has 1 fully saturated rings. The van der Waals surface area contributed by atoms with Crippen molar-refractivity contribution in [3.8, 4) is 0 Å². The quantitative estimate of drug-likeness (QED) is 0.837. The number of hydrogen-bond donors (Lipinski definition) is 2. The highest BCUT2D eigenvalue weighted by molar-refractivity contribution is 7.17. The lowest BCUT2D eigenvalue weighted by Gasteiger charge is -2.34. The van der Waals surface area contributed by atoms with Crippen molar-refractivity contribution in [2.24, 2.45) is 5.92 Å². The van der Waals surface area contributed by atoms with Crippen molar-refractivity contribution in [1.82, 2.24) is 15.7 Å². The summed E-state index contributed by atoms with van der Waals surface area (Å²) in [5.74, 6) is 0.416. The molecule has 0 aliphatic carbocycles. The van der Waals surface area contributed by atoms with Gasteiger partial charge in [-0.25, -0.2) is 0 Å². The van der Waals surface area contributed by atoms with Crippen LogP contribution in [0.2, 0.25) is 4.34 Å². The first kappa shape index (κ1) is 17.7. The maximum Gasteiger partial charge on any atom is 0.261 e. The number of likely N-dealkylation sites (tertiary alicyclic amines) is 1. The smallest absolute Gasteiger partial charge is 0.261 e. The minimum absolute atomic E-state index is 0.109. The predicted molar refractivity (Wildman–Crippen MR) is 97.2 cm³/mol. The van der Waals surface area contributed by atoms with Crippen molar-refractivity contribution < 1.29 is 9.63 Å². The number of carbonyl (C=O) groups excluding carboxylic acids is 1. The van der Waals surface area contributed by atoms with Crippen LogP contribution in [0.3, 0.4) is 0 Å². The minimum Gasteiger partial charge on any atom is -0.348 e. The van der Waals surface area contributed by atoms with Gasteiger partial charge in [-0.2, -0.15) is 0 Å². The Morgan fingerprint density at radius 3 is 2.83 bits per heavy atom. The third kappa shape index (κ3) is 4.30. The van der Waals surface area contributed by atoms with Gasteiger partial charge in [0.2, 0.25) is 0 Å². The fourth-order valence-electron chi connectivity index (χ4n) is 3.18. The highest BCUT2D eigenvalue weighted by Gasteiger charge is 2.28. The van der Waals surface area contributed by atoms with Crippen molar-refractivity contribution >= 4 is 28.8 Å². The summed E-state index contributed by atoms with van der Waals surface area (Å²) in [6.07, 6.45) is 4.28. The number of rotatable bonds is 5. The topological polar surface area (TPSA) is 53.6 Å². The molecule has 2 aliphatic heterocycles. The van der Waals surface area contributed by atoms with Crippen LogP contribution in [0.4, 0.5) is 0 Å². The molecular formula is C17H24ClN3O2S. The lowest BCUT2D eigenvalue weighted by atomic mass is 9.92. The predicted octanol–water partition coefficient (Wildman–Crippen LogP) is 3.04. The summed E-state index contributed by atoms with van der Waals surface area (Å²) in [6.45, 7) is 7.20. The second kappa shape index (κ2) is 7.87. The average Bonchev–Trinajstić information content (AvgIpc) is 3.22. The van der Waals surface area contributed by atoms with E-state index in [9.17, 15) is 4.79 Å². The summed E-state index contributed by atoms with van der Waals surface area (Å²) >= 11 is 7.14. The zero-order valence-corrected chi connectivity index (χ0v) is 15.6. The van der Waals surface area contributed by atoms with Crippen LogP contribution in [0.25, 0.3) is 0 Å². The van der Waals surface area contributed by atoms with E-state index in [1.165, 1.54) is 11.3 Å². The zero-order valence-electron chi connectivity index (χ0n) is 14.0. The molecule has 7 heteroatoms. The van der Waals surface area contributed by atoms with Crippen molar-refractivity contribution in [2.75, 3.05) is 19.6 Å². The number of carbonyl (C=O) groups is 1. The summed E-state index contributed by atoms with van der Waals surface area (Å²) in [4.78, 5) is 20.8. The van der Waals surface area contributed by atoms with Crippen LogP contribution in [0, 0.1) is 5.92 Å². The summed E-state index contributed by atoms with van der Waals surface area (Å²) in [5.41, 5.74) is 4.22. The molecule has 1 atom stereocenters.